The molecule has 148 heavy (non-hydrogen) atoms. The predicted molar refractivity (Wildman–Crippen MR) is 617 cm³/mol. The molecule has 33 aromatic rings. The lowest BCUT2D eigenvalue weighted by Gasteiger charge is -2.10. The van der Waals surface area contributed by atoms with Gasteiger partial charge >= 0.3 is 0 Å². The second-order valence-electron chi connectivity index (χ2n) is 38.5. The molecule has 0 saturated carbocycles. The molecule has 21 aromatic carbocycles. The van der Waals surface area contributed by atoms with Crippen molar-refractivity contribution >= 4 is 228 Å². The van der Waals surface area contributed by atoms with Crippen molar-refractivity contribution in [3.05, 3.63) is 497 Å². The molecule has 12 heteroatoms. The van der Waals surface area contributed by atoms with Crippen molar-refractivity contribution in [2.45, 2.75) is 0 Å². The van der Waals surface area contributed by atoms with E-state index < -0.39 is 0 Å². The molecule has 0 saturated heterocycles. The van der Waals surface area contributed by atoms with Crippen LogP contribution in [-0.2, 0) is 0 Å². The van der Waals surface area contributed by atoms with Crippen LogP contribution in [0.5, 0.6) is 0 Å². The molecule has 0 aliphatic carbocycles. The van der Waals surface area contributed by atoms with Gasteiger partial charge < -0.3 is 31.5 Å². The summed E-state index contributed by atoms with van der Waals surface area (Å²) < 4.78 is 35.7. The molecule has 690 valence electrons. The van der Waals surface area contributed by atoms with Gasteiger partial charge in [0.25, 0.3) is 0 Å². The van der Waals surface area contributed by atoms with Gasteiger partial charge in [-0.15, -0.1) is 11.3 Å². The molecule has 12 heterocycles. The van der Waals surface area contributed by atoms with Gasteiger partial charge in [-0.05, 0) is 253 Å². The van der Waals surface area contributed by atoms with Gasteiger partial charge in [0.15, 0.2) is 0 Å². The first-order valence-electron chi connectivity index (χ1n) is 50.2. The summed E-state index contributed by atoms with van der Waals surface area (Å²) in [4.78, 5) is 10.5. The molecular formula is C136H82N8O3S. The van der Waals surface area contributed by atoms with Gasteiger partial charge in [0.05, 0.1) is 77.6 Å². The molecule has 0 N–H and O–H groups in total. The van der Waals surface area contributed by atoms with E-state index in [1.54, 1.807) is 0 Å². The highest BCUT2D eigenvalue weighted by Gasteiger charge is 2.25. The normalized spacial score (nSPS) is 12.1. The standard InChI is InChI=1S/C54H32N2O2.C41H25N3O.C41H25N3S/c1-5-16-47-39(12-1)40-13-2-6-17-48(40)55(47)37-22-26-53-45(31-37)43-29-35(20-24-51(43)57-53)33-10-9-11-34(28-33)36-21-25-52-44(30-36)46-32-38(23-27-54(46)58-52)56-49-18-7-3-14-41(49)42-15-4-8-19-50(42)56;2*1-5-15-35-28(10-1)29-11-2-6-16-36(29)43(35)27-21-23-40-33(25-27)32-24-26(20-22-39(32)45-40)34-14-9-19-41(42-34)44-37-17-7-3-12-30(37)31-13-4-8-18-38(31)44/h1-32H;2*1-25H. The maximum Gasteiger partial charge on any atom is 0.138 e. The van der Waals surface area contributed by atoms with Gasteiger partial charge in [0, 0.05) is 151 Å². The van der Waals surface area contributed by atoms with Crippen LogP contribution in [0.15, 0.2) is 511 Å². The van der Waals surface area contributed by atoms with Gasteiger partial charge in [-0.2, -0.15) is 0 Å². The predicted octanol–water partition coefficient (Wildman–Crippen LogP) is 37.2. The van der Waals surface area contributed by atoms with Crippen molar-refractivity contribution in [3.63, 3.8) is 0 Å². The maximum absolute atomic E-state index is 6.41. The number of furan rings is 3. The van der Waals surface area contributed by atoms with Crippen LogP contribution in [0.4, 0.5) is 0 Å². The fourth-order valence-corrected chi connectivity index (χ4v) is 24.8. The summed E-state index contributed by atoms with van der Waals surface area (Å²) >= 11 is 1.85. The molecule has 0 fully saturated rings. The summed E-state index contributed by atoms with van der Waals surface area (Å²) in [5, 5.41) is 24.1. The smallest absolute Gasteiger partial charge is 0.138 e. The number of pyridine rings is 2. The number of thiophene rings is 1. The van der Waals surface area contributed by atoms with E-state index in [-0.39, 0.29) is 0 Å². The fourth-order valence-electron chi connectivity index (χ4n) is 23.7. The Morgan fingerprint density at radius 3 is 0.642 bits per heavy atom. The van der Waals surface area contributed by atoms with Crippen molar-refractivity contribution in [3.8, 4) is 79.2 Å². The summed E-state index contributed by atoms with van der Waals surface area (Å²) in [7, 11) is 0. The van der Waals surface area contributed by atoms with Crippen molar-refractivity contribution in [1.29, 1.82) is 0 Å². The topological polar surface area (TPSA) is 94.8 Å². The number of fused-ring (bicyclic) bond motifs is 30. The van der Waals surface area contributed by atoms with E-state index in [1.807, 2.05) is 11.3 Å². The number of rotatable bonds is 10. The van der Waals surface area contributed by atoms with Crippen molar-refractivity contribution in [2.75, 3.05) is 0 Å². The number of nitrogens with zero attached hydrogens (tertiary/aromatic N) is 8. The molecule has 0 aliphatic heterocycles. The Hall–Kier alpha value is -19.7. The second kappa shape index (κ2) is 33.0. The highest BCUT2D eigenvalue weighted by molar-refractivity contribution is 7.25. The minimum Gasteiger partial charge on any atom is -0.456 e. The summed E-state index contributed by atoms with van der Waals surface area (Å²) in [6.07, 6.45) is 0. The minimum atomic E-state index is 0.867. The fraction of sp³-hybridized carbons (Fsp3) is 0. The number of hydrogen-bond acceptors (Lipinski definition) is 6. The van der Waals surface area contributed by atoms with E-state index in [1.165, 1.54) is 146 Å². The first-order valence-corrected chi connectivity index (χ1v) is 51.0. The lowest BCUT2D eigenvalue weighted by Crippen LogP contribution is -1.98. The molecule has 0 unspecified atom stereocenters. The van der Waals surface area contributed by atoms with Gasteiger partial charge in [0.2, 0.25) is 0 Å². The Balaban J connectivity index is 0.000000102. The zero-order chi connectivity index (χ0) is 96.9. The van der Waals surface area contributed by atoms with E-state index in [0.29, 0.717) is 0 Å². The van der Waals surface area contributed by atoms with Gasteiger partial charge in [0.1, 0.15) is 45.1 Å². The maximum atomic E-state index is 6.41. The van der Waals surface area contributed by atoms with Crippen LogP contribution in [0.3, 0.4) is 0 Å². The van der Waals surface area contributed by atoms with Crippen molar-refractivity contribution in [1.82, 2.24) is 37.4 Å². The Labute approximate surface area is 849 Å². The Bertz CT molecular complexity index is 10400. The number of hydrogen-bond donors (Lipinski definition) is 0. The van der Waals surface area contributed by atoms with Gasteiger partial charge in [-0.1, -0.05) is 267 Å². The first-order chi connectivity index (χ1) is 73.4. The van der Waals surface area contributed by atoms with Crippen molar-refractivity contribution < 1.29 is 13.3 Å². The van der Waals surface area contributed by atoms with Crippen LogP contribution in [0.25, 0.3) is 296 Å². The van der Waals surface area contributed by atoms with Crippen LogP contribution in [0, 0.1) is 0 Å². The summed E-state index contributed by atoms with van der Waals surface area (Å²) in [6, 6.07) is 178. The molecule has 33 rings (SSSR count). The van der Waals surface area contributed by atoms with Crippen LogP contribution in [0.2, 0.25) is 0 Å². The monoisotopic (exact) mass is 1910 g/mol. The summed E-state index contributed by atoms with van der Waals surface area (Å²) in [5.41, 5.74) is 32.7. The van der Waals surface area contributed by atoms with Crippen LogP contribution < -0.4 is 0 Å². The third-order valence-corrected chi connectivity index (χ3v) is 31.5. The molecule has 0 aliphatic rings. The first kappa shape index (κ1) is 83.0. The molecule has 0 radical (unpaired) electrons. The van der Waals surface area contributed by atoms with E-state index in [0.717, 1.165) is 150 Å². The second-order valence-corrected chi connectivity index (χ2v) is 39.6. The third kappa shape index (κ3) is 13.0. The molecule has 0 spiro atoms. The van der Waals surface area contributed by atoms with E-state index in [2.05, 4.69) is 525 Å². The van der Waals surface area contributed by atoms with E-state index in [4.69, 9.17) is 23.2 Å². The highest BCUT2D eigenvalue weighted by Crippen LogP contribution is 2.47. The van der Waals surface area contributed by atoms with Crippen molar-refractivity contribution in [2.24, 2.45) is 0 Å². The average Bonchev–Trinajstić information content (AvgIpc) is 1.59. The van der Waals surface area contributed by atoms with Crippen LogP contribution in [0.1, 0.15) is 0 Å². The zero-order valence-corrected chi connectivity index (χ0v) is 80.4. The van der Waals surface area contributed by atoms with Crippen LogP contribution >= 0.6 is 11.3 Å². The minimum absolute atomic E-state index is 0.867. The Morgan fingerprint density at radius 1 is 0.142 bits per heavy atom. The molecule has 0 bridgehead atoms. The molecule has 11 nitrogen and oxygen atoms in total. The number of para-hydroxylation sites is 12. The Morgan fingerprint density at radius 2 is 0.345 bits per heavy atom. The molecular weight excluding hydrogens is 1830 g/mol. The lowest BCUT2D eigenvalue weighted by molar-refractivity contribution is 0.668. The number of aromatic nitrogens is 8. The largest absolute Gasteiger partial charge is 0.456 e. The van der Waals surface area contributed by atoms with Gasteiger partial charge in [-0.3, -0.25) is 9.13 Å². The zero-order valence-electron chi connectivity index (χ0n) is 79.6. The lowest BCUT2D eigenvalue weighted by atomic mass is 9.97. The summed E-state index contributed by atoms with van der Waals surface area (Å²) in [6.45, 7) is 0. The Kier molecular flexibility index (Phi) is 18.5. The quantitative estimate of drug-likeness (QED) is 0.136. The van der Waals surface area contributed by atoms with Gasteiger partial charge in [-0.25, -0.2) is 9.97 Å². The molecule has 0 atom stereocenters. The highest BCUT2D eigenvalue weighted by atomic mass is 32.1. The third-order valence-electron chi connectivity index (χ3n) is 30.4. The number of benzene rings is 21. The van der Waals surface area contributed by atoms with E-state index in [9.17, 15) is 0 Å². The SMILES string of the molecule is c1cc(-c2ccc3oc4ccc(-n5c6ccccc6c6ccccc65)cc4c3c2)cc(-c2ccc3oc4ccc(-n5c6ccccc6c6ccccc65)cc4c3c2)c1.c1cc(-c2ccc3oc4ccc(-n5c6ccccc6c6ccccc65)cc4c3c2)nc(-n2c3ccccc3c3ccccc32)c1.c1cc(-c2ccc3sc4ccc(-n5c6ccccc6c6ccccc65)cc4c3c2)nc(-n2c3ccccc3c3ccccc32)c1. The summed E-state index contributed by atoms with van der Waals surface area (Å²) in [5.74, 6) is 1.82. The average molecular weight is 1910 g/mol. The molecule has 0 amide bonds. The van der Waals surface area contributed by atoms with Crippen LogP contribution in [-0.4, -0.2) is 37.4 Å². The van der Waals surface area contributed by atoms with E-state index >= 15 is 0 Å². The molecule has 12 aromatic heterocycles.